The number of carboxylic acid groups (broad SMARTS) is 1. The van der Waals surface area contributed by atoms with E-state index in [1.807, 2.05) is 24.3 Å². The van der Waals surface area contributed by atoms with Crippen LogP contribution >= 0.6 is 23.1 Å². The Morgan fingerprint density at radius 2 is 2.23 bits per heavy atom. The molecule has 1 fully saturated rings. The van der Waals surface area contributed by atoms with E-state index in [0.717, 1.165) is 21.0 Å². The van der Waals surface area contributed by atoms with E-state index in [2.05, 4.69) is 4.98 Å². The summed E-state index contributed by atoms with van der Waals surface area (Å²) in [7, 11) is 0. The number of carbonyl (C=O) groups excluding carboxylic acids is 1. The van der Waals surface area contributed by atoms with Crippen LogP contribution in [-0.4, -0.2) is 45.7 Å². The number of para-hydroxylation sites is 1. The molecule has 1 aromatic heterocycles. The molecule has 0 radical (unpaired) electrons. The maximum atomic E-state index is 12.2. The third-order valence-electron chi connectivity index (χ3n) is 3.72. The van der Waals surface area contributed by atoms with Crippen molar-refractivity contribution in [3.05, 3.63) is 24.3 Å². The average molecular weight is 336 g/mol. The van der Waals surface area contributed by atoms with Gasteiger partial charge in [0, 0.05) is 13.1 Å². The zero-order chi connectivity index (χ0) is 15.5. The Morgan fingerprint density at radius 3 is 3.00 bits per heavy atom. The Hall–Kier alpha value is -1.60. The minimum absolute atomic E-state index is 0.00444. The van der Waals surface area contributed by atoms with Gasteiger partial charge in [0.2, 0.25) is 5.91 Å². The zero-order valence-corrected chi connectivity index (χ0v) is 13.5. The molecule has 5 nitrogen and oxygen atoms in total. The molecular formula is C15H16N2O3S2. The first-order valence-corrected chi connectivity index (χ1v) is 8.92. The molecule has 3 rings (SSSR count). The summed E-state index contributed by atoms with van der Waals surface area (Å²) in [6.45, 7) is 0.984. The lowest BCUT2D eigenvalue weighted by Gasteiger charge is -2.30. The van der Waals surface area contributed by atoms with Gasteiger partial charge in [-0.25, -0.2) is 4.98 Å². The van der Waals surface area contributed by atoms with E-state index in [0.29, 0.717) is 25.3 Å². The van der Waals surface area contributed by atoms with Gasteiger partial charge in [0.1, 0.15) is 0 Å². The minimum atomic E-state index is -0.809. The normalized spacial score (nSPS) is 18.5. The lowest BCUT2D eigenvalue weighted by molar-refractivity contribution is -0.145. The molecule has 0 saturated carbocycles. The monoisotopic (exact) mass is 336 g/mol. The highest BCUT2D eigenvalue weighted by molar-refractivity contribution is 8.01. The van der Waals surface area contributed by atoms with Gasteiger partial charge in [-0.2, -0.15) is 0 Å². The van der Waals surface area contributed by atoms with Crippen molar-refractivity contribution in [3.63, 3.8) is 0 Å². The van der Waals surface area contributed by atoms with E-state index in [4.69, 9.17) is 5.11 Å². The van der Waals surface area contributed by atoms with Gasteiger partial charge in [-0.1, -0.05) is 23.9 Å². The summed E-state index contributed by atoms with van der Waals surface area (Å²) < 4.78 is 1.99. The summed E-state index contributed by atoms with van der Waals surface area (Å²) in [4.78, 5) is 29.5. The number of thiazole rings is 1. The summed E-state index contributed by atoms with van der Waals surface area (Å²) in [5.74, 6) is -0.928. The number of rotatable bonds is 4. The van der Waals surface area contributed by atoms with E-state index in [1.54, 1.807) is 16.2 Å². The second-order valence-electron chi connectivity index (χ2n) is 5.25. The Morgan fingerprint density at radius 1 is 1.41 bits per heavy atom. The number of hydrogen-bond acceptors (Lipinski definition) is 5. The number of thioether (sulfide) groups is 1. The fourth-order valence-electron chi connectivity index (χ4n) is 2.53. The molecule has 1 N–H and O–H groups in total. The second kappa shape index (κ2) is 6.66. The molecule has 2 aromatic rings. The quantitative estimate of drug-likeness (QED) is 0.869. The lowest BCUT2D eigenvalue weighted by atomic mass is 9.98. The van der Waals surface area contributed by atoms with E-state index in [1.165, 1.54) is 11.8 Å². The van der Waals surface area contributed by atoms with E-state index >= 15 is 0 Å². The molecule has 0 bridgehead atoms. The fraction of sp³-hybridized carbons (Fsp3) is 0.400. The molecule has 1 saturated heterocycles. The molecule has 7 heteroatoms. The summed E-state index contributed by atoms with van der Waals surface area (Å²) in [6, 6.07) is 7.89. The highest BCUT2D eigenvalue weighted by Gasteiger charge is 2.28. The van der Waals surface area contributed by atoms with Crippen LogP contribution in [0.1, 0.15) is 12.8 Å². The molecule has 116 valence electrons. The van der Waals surface area contributed by atoms with E-state index in [9.17, 15) is 9.59 Å². The lowest BCUT2D eigenvalue weighted by Crippen LogP contribution is -2.43. The molecule has 22 heavy (non-hydrogen) atoms. The first-order valence-electron chi connectivity index (χ1n) is 7.12. The first kappa shape index (κ1) is 15.3. The number of carboxylic acids is 1. The molecular weight excluding hydrogens is 320 g/mol. The number of likely N-dealkylation sites (tertiary alicyclic amines) is 1. The minimum Gasteiger partial charge on any atom is -0.481 e. The molecule has 1 amide bonds. The number of amides is 1. The Balaban J connectivity index is 1.58. The number of aliphatic carboxylic acids is 1. The van der Waals surface area contributed by atoms with Crippen LogP contribution in [0, 0.1) is 5.92 Å². The van der Waals surface area contributed by atoms with Gasteiger partial charge >= 0.3 is 5.97 Å². The van der Waals surface area contributed by atoms with Crippen LogP contribution in [0.25, 0.3) is 10.2 Å². The molecule has 2 heterocycles. The second-order valence-corrected chi connectivity index (χ2v) is 7.51. The van der Waals surface area contributed by atoms with Crippen LogP contribution < -0.4 is 0 Å². The van der Waals surface area contributed by atoms with Gasteiger partial charge in [-0.3, -0.25) is 9.59 Å². The van der Waals surface area contributed by atoms with Crippen molar-refractivity contribution in [1.29, 1.82) is 0 Å². The number of piperidine rings is 1. The summed E-state index contributed by atoms with van der Waals surface area (Å²) in [5.41, 5.74) is 0.950. The third kappa shape index (κ3) is 3.41. The van der Waals surface area contributed by atoms with E-state index < -0.39 is 11.9 Å². The molecule has 1 aromatic carbocycles. The summed E-state index contributed by atoms with van der Waals surface area (Å²) in [5, 5.41) is 9.07. The molecule has 1 aliphatic rings. The van der Waals surface area contributed by atoms with Crippen molar-refractivity contribution in [3.8, 4) is 0 Å². The van der Waals surface area contributed by atoms with Crippen LogP contribution in [0.3, 0.4) is 0 Å². The van der Waals surface area contributed by atoms with Crippen LogP contribution in [0.4, 0.5) is 0 Å². The smallest absolute Gasteiger partial charge is 0.308 e. The third-order valence-corrected chi connectivity index (χ3v) is 5.88. The number of benzene rings is 1. The largest absolute Gasteiger partial charge is 0.481 e. The number of fused-ring (bicyclic) bond motifs is 1. The topological polar surface area (TPSA) is 70.5 Å². The predicted molar refractivity (Wildman–Crippen MR) is 87.3 cm³/mol. The van der Waals surface area contributed by atoms with Crippen LogP contribution in [0.5, 0.6) is 0 Å². The maximum Gasteiger partial charge on any atom is 0.308 e. The highest BCUT2D eigenvalue weighted by Crippen LogP contribution is 2.29. The molecule has 1 aliphatic heterocycles. The number of hydrogen-bond donors (Lipinski definition) is 1. The average Bonchev–Trinajstić information content (AvgIpc) is 2.95. The van der Waals surface area contributed by atoms with Gasteiger partial charge in [0.05, 0.1) is 21.9 Å². The van der Waals surface area contributed by atoms with Crippen LogP contribution in [-0.2, 0) is 9.59 Å². The summed E-state index contributed by atoms with van der Waals surface area (Å²) >= 11 is 3.00. The number of aromatic nitrogens is 1. The zero-order valence-electron chi connectivity index (χ0n) is 11.9. The van der Waals surface area contributed by atoms with Gasteiger partial charge in [-0.05, 0) is 25.0 Å². The predicted octanol–water partition coefficient (Wildman–Crippen LogP) is 2.71. The number of nitrogens with zero attached hydrogens (tertiary/aromatic N) is 2. The van der Waals surface area contributed by atoms with Crippen LogP contribution in [0.2, 0.25) is 0 Å². The molecule has 0 aliphatic carbocycles. The molecule has 0 spiro atoms. The summed E-state index contributed by atoms with van der Waals surface area (Å²) in [6.07, 6.45) is 1.42. The van der Waals surface area contributed by atoms with Gasteiger partial charge in [0.15, 0.2) is 4.34 Å². The maximum absolute atomic E-state index is 12.2. The van der Waals surface area contributed by atoms with Crippen molar-refractivity contribution in [2.75, 3.05) is 18.8 Å². The van der Waals surface area contributed by atoms with Crippen molar-refractivity contribution < 1.29 is 14.7 Å². The van der Waals surface area contributed by atoms with Crippen molar-refractivity contribution in [2.45, 2.75) is 17.2 Å². The van der Waals surface area contributed by atoms with Crippen LogP contribution in [0.15, 0.2) is 28.6 Å². The fourth-order valence-corrected chi connectivity index (χ4v) is 4.50. The van der Waals surface area contributed by atoms with E-state index in [-0.39, 0.29) is 5.91 Å². The van der Waals surface area contributed by atoms with Crippen molar-refractivity contribution in [2.24, 2.45) is 5.92 Å². The SMILES string of the molecule is O=C(O)C1CCCN(C(=O)CSc2nc3ccccc3s2)C1. The van der Waals surface area contributed by atoms with Crippen molar-refractivity contribution >= 4 is 45.2 Å². The molecule has 1 atom stereocenters. The highest BCUT2D eigenvalue weighted by atomic mass is 32.2. The Kier molecular flexibility index (Phi) is 4.63. The van der Waals surface area contributed by atoms with Gasteiger partial charge in [-0.15, -0.1) is 11.3 Å². The Bertz CT molecular complexity index is 668. The van der Waals surface area contributed by atoms with Gasteiger partial charge in [0.25, 0.3) is 0 Å². The first-order chi connectivity index (χ1) is 10.6. The van der Waals surface area contributed by atoms with Gasteiger partial charge < -0.3 is 10.0 Å². The number of carbonyl (C=O) groups is 2. The standard InChI is InChI=1S/C15H16N2O3S2/c18-13(17-7-3-4-10(8-17)14(19)20)9-21-15-16-11-5-1-2-6-12(11)22-15/h1-2,5-6,10H,3-4,7-9H2,(H,19,20). The Labute approximate surface area is 136 Å². The van der Waals surface area contributed by atoms with Crippen molar-refractivity contribution in [1.82, 2.24) is 9.88 Å². The molecule has 1 unspecified atom stereocenters.